The van der Waals surface area contributed by atoms with E-state index in [1.54, 1.807) is 24.4 Å². The van der Waals surface area contributed by atoms with Crippen molar-refractivity contribution in [3.05, 3.63) is 83.8 Å². The lowest BCUT2D eigenvalue weighted by Crippen LogP contribution is -2.44. The van der Waals surface area contributed by atoms with Crippen molar-refractivity contribution in [2.24, 2.45) is 0 Å². The van der Waals surface area contributed by atoms with Crippen LogP contribution in [0.15, 0.2) is 66.9 Å². The number of carbonyl (C=O) groups excluding carboxylic acids is 1. The summed E-state index contributed by atoms with van der Waals surface area (Å²) in [7, 11) is 0. The van der Waals surface area contributed by atoms with Gasteiger partial charge in [-0.15, -0.1) is 0 Å². The average molecular weight is 449 g/mol. The molecule has 2 heterocycles. The first-order valence-electron chi connectivity index (χ1n) is 11.3. The zero-order valence-electron chi connectivity index (χ0n) is 18.6. The van der Waals surface area contributed by atoms with Crippen LogP contribution in [0.4, 0.5) is 4.39 Å². The highest BCUT2D eigenvalue weighted by molar-refractivity contribution is 5.78. The predicted molar refractivity (Wildman–Crippen MR) is 126 cm³/mol. The highest BCUT2D eigenvalue weighted by Crippen LogP contribution is 2.25. The molecule has 1 aromatic heterocycles. The van der Waals surface area contributed by atoms with Gasteiger partial charge in [0.2, 0.25) is 5.91 Å². The quantitative estimate of drug-likeness (QED) is 0.527. The third-order valence-corrected chi connectivity index (χ3v) is 5.62. The molecule has 172 valence electrons. The van der Waals surface area contributed by atoms with Crippen LogP contribution in [0.5, 0.6) is 5.75 Å². The van der Waals surface area contributed by atoms with Gasteiger partial charge in [-0.3, -0.25) is 14.7 Å². The van der Waals surface area contributed by atoms with Crippen LogP contribution in [0.1, 0.15) is 11.1 Å². The summed E-state index contributed by atoms with van der Waals surface area (Å²) in [6.07, 6.45) is 1.84. The van der Waals surface area contributed by atoms with Gasteiger partial charge in [0.1, 0.15) is 18.2 Å². The SMILES string of the molecule is O=C(Cc1ccc(-c2ccc(OCCN3CCNCC3)cc2F)nc1)NCc1ccccc1. The van der Waals surface area contributed by atoms with Crippen molar-refractivity contribution in [2.45, 2.75) is 13.0 Å². The van der Waals surface area contributed by atoms with Gasteiger partial charge in [-0.2, -0.15) is 0 Å². The van der Waals surface area contributed by atoms with Crippen LogP contribution in [-0.2, 0) is 17.8 Å². The standard InChI is InChI=1S/C26H29FN4O2/c27-24-17-22(33-15-14-31-12-10-28-11-13-31)7-8-23(24)25-9-6-21(19-29-25)16-26(32)30-18-20-4-2-1-3-5-20/h1-9,17,19,28H,10-16,18H2,(H,30,32). The number of nitrogens with one attached hydrogen (secondary N) is 2. The van der Waals surface area contributed by atoms with Gasteiger partial charge in [-0.1, -0.05) is 36.4 Å². The van der Waals surface area contributed by atoms with E-state index in [9.17, 15) is 9.18 Å². The van der Waals surface area contributed by atoms with Gasteiger partial charge in [0, 0.05) is 57.1 Å². The third kappa shape index (κ3) is 6.84. The summed E-state index contributed by atoms with van der Waals surface area (Å²) in [4.78, 5) is 18.9. The first-order valence-corrected chi connectivity index (χ1v) is 11.3. The zero-order chi connectivity index (χ0) is 22.9. The fourth-order valence-electron chi connectivity index (χ4n) is 3.75. The normalized spacial score (nSPS) is 14.1. The Hall–Kier alpha value is -3.29. The maximum atomic E-state index is 14.7. The molecule has 1 aliphatic heterocycles. The van der Waals surface area contributed by atoms with Gasteiger partial charge in [0.25, 0.3) is 0 Å². The van der Waals surface area contributed by atoms with Crippen LogP contribution in [0.25, 0.3) is 11.3 Å². The highest BCUT2D eigenvalue weighted by Gasteiger charge is 2.11. The Morgan fingerprint density at radius 3 is 2.61 bits per heavy atom. The fraction of sp³-hybridized carbons (Fsp3) is 0.308. The summed E-state index contributed by atoms with van der Waals surface area (Å²) in [5, 5.41) is 6.22. The fourth-order valence-corrected chi connectivity index (χ4v) is 3.75. The molecular weight excluding hydrogens is 419 g/mol. The van der Waals surface area contributed by atoms with E-state index >= 15 is 0 Å². The molecule has 1 saturated heterocycles. The van der Waals surface area contributed by atoms with Crippen molar-refractivity contribution in [3.63, 3.8) is 0 Å². The first-order chi connectivity index (χ1) is 16.2. The molecule has 33 heavy (non-hydrogen) atoms. The summed E-state index contributed by atoms with van der Waals surface area (Å²) in [5.74, 6) is 0.0514. The van der Waals surface area contributed by atoms with Crippen LogP contribution in [0, 0.1) is 5.82 Å². The summed E-state index contributed by atoms with van der Waals surface area (Å²) in [6, 6.07) is 18.2. The largest absolute Gasteiger partial charge is 0.492 e. The molecule has 2 aromatic carbocycles. The topological polar surface area (TPSA) is 66.5 Å². The average Bonchev–Trinajstić information content (AvgIpc) is 2.85. The number of hydrogen-bond acceptors (Lipinski definition) is 5. The molecule has 3 aromatic rings. The monoisotopic (exact) mass is 448 g/mol. The molecule has 0 spiro atoms. The lowest BCUT2D eigenvalue weighted by molar-refractivity contribution is -0.120. The van der Waals surface area contributed by atoms with E-state index in [4.69, 9.17) is 4.74 Å². The third-order valence-electron chi connectivity index (χ3n) is 5.62. The minimum atomic E-state index is -0.379. The molecule has 1 amide bonds. The van der Waals surface area contributed by atoms with E-state index in [0.717, 1.165) is 43.9 Å². The van der Waals surface area contributed by atoms with Crippen molar-refractivity contribution in [1.29, 1.82) is 0 Å². The molecule has 2 N–H and O–H groups in total. The maximum absolute atomic E-state index is 14.7. The van der Waals surface area contributed by atoms with Crippen molar-refractivity contribution in [2.75, 3.05) is 39.3 Å². The Kier molecular flexibility index (Phi) is 8.00. The minimum Gasteiger partial charge on any atom is -0.492 e. The lowest BCUT2D eigenvalue weighted by Gasteiger charge is -2.26. The Morgan fingerprint density at radius 1 is 1.06 bits per heavy atom. The molecule has 4 rings (SSSR count). The van der Waals surface area contributed by atoms with Crippen molar-refractivity contribution >= 4 is 5.91 Å². The number of aromatic nitrogens is 1. The van der Waals surface area contributed by atoms with Gasteiger partial charge in [-0.25, -0.2) is 4.39 Å². The number of pyridine rings is 1. The molecule has 7 heteroatoms. The van der Waals surface area contributed by atoms with Gasteiger partial charge in [0.15, 0.2) is 0 Å². The summed E-state index contributed by atoms with van der Waals surface area (Å²) in [5.41, 5.74) is 2.75. The Bertz CT molecular complexity index is 1040. The Labute approximate surface area is 193 Å². The second kappa shape index (κ2) is 11.5. The molecule has 0 aliphatic carbocycles. The number of rotatable bonds is 9. The van der Waals surface area contributed by atoms with Crippen molar-refractivity contribution < 1.29 is 13.9 Å². The predicted octanol–water partition coefficient (Wildman–Crippen LogP) is 3.03. The van der Waals surface area contributed by atoms with Crippen LogP contribution >= 0.6 is 0 Å². The first kappa shape index (κ1) is 22.9. The van der Waals surface area contributed by atoms with Crippen LogP contribution in [-0.4, -0.2) is 55.1 Å². The molecule has 0 bridgehead atoms. The smallest absolute Gasteiger partial charge is 0.224 e. The van der Waals surface area contributed by atoms with Gasteiger partial charge in [0.05, 0.1) is 12.1 Å². The van der Waals surface area contributed by atoms with E-state index in [2.05, 4.69) is 20.5 Å². The maximum Gasteiger partial charge on any atom is 0.224 e. The molecule has 0 atom stereocenters. The number of benzene rings is 2. The molecule has 1 aliphatic rings. The molecule has 0 unspecified atom stereocenters. The number of piperazine rings is 1. The second-order valence-electron chi connectivity index (χ2n) is 8.07. The molecule has 0 saturated carbocycles. The van der Waals surface area contributed by atoms with Crippen LogP contribution in [0.3, 0.4) is 0 Å². The molecule has 6 nitrogen and oxygen atoms in total. The minimum absolute atomic E-state index is 0.0816. The van der Waals surface area contributed by atoms with Crippen LogP contribution < -0.4 is 15.4 Å². The second-order valence-corrected chi connectivity index (χ2v) is 8.07. The van der Waals surface area contributed by atoms with E-state index in [0.29, 0.717) is 30.2 Å². The number of ether oxygens (including phenoxy) is 1. The molecule has 1 fully saturated rings. The highest BCUT2D eigenvalue weighted by atomic mass is 19.1. The molecular formula is C26H29FN4O2. The Balaban J connectivity index is 1.28. The number of halogens is 1. The van der Waals surface area contributed by atoms with Crippen molar-refractivity contribution in [1.82, 2.24) is 20.5 Å². The number of carbonyl (C=O) groups is 1. The zero-order valence-corrected chi connectivity index (χ0v) is 18.6. The van der Waals surface area contributed by atoms with E-state index in [-0.39, 0.29) is 18.1 Å². The Morgan fingerprint density at radius 2 is 1.88 bits per heavy atom. The van der Waals surface area contributed by atoms with E-state index in [1.165, 1.54) is 6.07 Å². The summed E-state index contributed by atoms with van der Waals surface area (Å²) >= 11 is 0. The van der Waals surface area contributed by atoms with Gasteiger partial charge < -0.3 is 15.4 Å². The number of nitrogens with zero attached hydrogens (tertiary/aromatic N) is 2. The molecule has 0 radical (unpaired) electrons. The summed E-state index contributed by atoms with van der Waals surface area (Å²) < 4.78 is 20.4. The van der Waals surface area contributed by atoms with Crippen molar-refractivity contribution in [3.8, 4) is 17.0 Å². The van der Waals surface area contributed by atoms with Gasteiger partial charge >= 0.3 is 0 Å². The van der Waals surface area contributed by atoms with Gasteiger partial charge in [-0.05, 0) is 29.3 Å². The number of amides is 1. The van der Waals surface area contributed by atoms with E-state index < -0.39 is 0 Å². The summed E-state index contributed by atoms with van der Waals surface area (Å²) in [6.45, 7) is 5.84. The van der Waals surface area contributed by atoms with Crippen LogP contribution in [0.2, 0.25) is 0 Å². The van der Waals surface area contributed by atoms with E-state index in [1.807, 2.05) is 36.4 Å². The lowest BCUT2D eigenvalue weighted by atomic mass is 10.1. The number of hydrogen-bond donors (Lipinski definition) is 2.